The van der Waals surface area contributed by atoms with Gasteiger partial charge in [-0.3, -0.25) is 4.79 Å². The van der Waals surface area contributed by atoms with Crippen molar-refractivity contribution in [2.45, 2.75) is 33.3 Å². The summed E-state index contributed by atoms with van der Waals surface area (Å²) in [6.45, 7) is 5.86. The summed E-state index contributed by atoms with van der Waals surface area (Å²) >= 11 is 0. The predicted octanol–water partition coefficient (Wildman–Crippen LogP) is 4.11. The fraction of sp³-hybridized carbons (Fsp3) is 0.316. The number of nitrogens with one attached hydrogen (secondary N) is 1. The summed E-state index contributed by atoms with van der Waals surface area (Å²) in [5, 5.41) is 2.90. The van der Waals surface area contributed by atoms with Crippen molar-refractivity contribution in [3.05, 3.63) is 53.6 Å². The van der Waals surface area contributed by atoms with Gasteiger partial charge in [-0.15, -0.1) is 0 Å². The Morgan fingerprint density at radius 3 is 2.52 bits per heavy atom. The number of carbonyl (C=O) groups is 1. The average Bonchev–Trinajstić information content (AvgIpc) is 2.54. The Kier molecular flexibility index (Phi) is 5.63. The van der Waals surface area contributed by atoms with Crippen LogP contribution in [0, 0.1) is 13.8 Å². The minimum absolute atomic E-state index is 0.181. The summed E-state index contributed by atoms with van der Waals surface area (Å²) in [4.78, 5) is 12.5. The number of methoxy groups -OCH3 is 1. The van der Waals surface area contributed by atoms with Gasteiger partial charge in [0.15, 0.2) is 6.10 Å². The predicted molar refractivity (Wildman–Crippen MR) is 92.2 cm³/mol. The largest absolute Gasteiger partial charge is 0.495 e. The van der Waals surface area contributed by atoms with Gasteiger partial charge in [0.05, 0.1) is 12.8 Å². The smallest absolute Gasteiger partial charge is 0.265 e. The molecule has 0 saturated heterocycles. The highest BCUT2D eigenvalue weighted by molar-refractivity contribution is 5.95. The van der Waals surface area contributed by atoms with Crippen molar-refractivity contribution in [3.63, 3.8) is 0 Å². The molecule has 0 spiro atoms. The molecule has 2 aromatic rings. The van der Waals surface area contributed by atoms with Crippen molar-refractivity contribution in [1.29, 1.82) is 0 Å². The standard InChI is InChI=1S/C19H23NO3/c1-5-16(23-17-9-7-6-8-14(17)3)19(21)20-15-12-13(2)10-11-18(15)22-4/h6-12,16H,5H2,1-4H3,(H,20,21)/t16-/m1/s1. The van der Waals surface area contributed by atoms with Gasteiger partial charge in [-0.05, 0) is 49.6 Å². The summed E-state index contributed by atoms with van der Waals surface area (Å²) in [6, 6.07) is 13.3. The molecule has 0 aromatic heterocycles. The maximum Gasteiger partial charge on any atom is 0.265 e. The van der Waals surface area contributed by atoms with Gasteiger partial charge in [0.2, 0.25) is 0 Å². The number of hydrogen-bond acceptors (Lipinski definition) is 3. The van der Waals surface area contributed by atoms with Crippen LogP contribution < -0.4 is 14.8 Å². The summed E-state index contributed by atoms with van der Waals surface area (Å²) in [5.41, 5.74) is 2.71. The molecule has 0 fully saturated rings. The van der Waals surface area contributed by atoms with E-state index >= 15 is 0 Å². The summed E-state index contributed by atoms with van der Waals surface area (Å²) in [6.07, 6.45) is 0.0233. The molecule has 0 bridgehead atoms. The molecule has 2 rings (SSSR count). The second kappa shape index (κ2) is 7.68. The number of hydrogen-bond donors (Lipinski definition) is 1. The van der Waals surface area contributed by atoms with E-state index in [-0.39, 0.29) is 5.91 Å². The van der Waals surface area contributed by atoms with Crippen molar-refractivity contribution < 1.29 is 14.3 Å². The summed E-state index contributed by atoms with van der Waals surface area (Å²) in [7, 11) is 1.58. The molecule has 1 amide bonds. The van der Waals surface area contributed by atoms with Gasteiger partial charge in [0.1, 0.15) is 11.5 Å². The lowest BCUT2D eigenvalue weighted by atomic mass is 10.2. The Morgan fingerprint density at radius 2 is 1.87 bits per heavy atom. The van der Waals surface area contributed by atoms with Crippen LogP contribution in [-0.2, 0) is 4.79 Å². The molecular formula is C19H23NO3. The first-order valence-electron chi connectivity index (χ1n) is 7.73. The highest BCUT2D eigenvalue weighted by Gasteiger charge is 2.20. The second-order valence-corrected chi connectivity index (χ2v) is 5.47. The highest BCUT2D eigenvalue weighted by atomic mass is 16.5. The van der Waals surface area contributed by atoms with Crippen molar-refractivity contribution >= 4 is 11.6 Å². The van der Waals surface area contributed by atoms with E-state index in [9.17, 15) is 4.79 Å². The molecule has 0 unspecified atom stereocenters. The fourth-order valence-corrected chi connectivity index (χ4v) is 2.30. The number of para-hydroxylation sites is 1. The zero-order chi connectivity index (χ0) is 16.8. The normalized spacial score (nSPS) is 11.7. The molecule has 2 aromatic carbocycles. The van der Waals surface area contributed by atoms with E-state index in [0.29, 0.717) is 17.9 Å². The van der Waals surface area contributed by atoms with E-state index in [1.165, 1.54) is 0 Å². The molecule has 0 saturated carbocycles. The molecule has 1 N–H and O–H groups in total. The third kappa shape index (κ3) is 4.25. The van der Waals surface area contributed by atoms with Gasteiger partial charge >= 0.3 is 0 Å². The lowest BCUT2D eigenvalue weighted by Crippen LogP contribution is -2.32. The molecule has 0 aliphatic carbocycles. The van der Waals surface area contributed by atoms with Crippen LogP contribution in [0.15, 0.2) is 42.5 Å². The van der Waals surface area contributed by atoms with Gasteiger partial charge in [0.25, 0.3) is 5.91 Å². The van der Waals surface area contributed by atoms with E-state index in [1.54, 1.807) is 7.11 Å². The number of anilines is 1. The third-order valence-corrected chi connectivity index (χ3v) is 3.64. The van der Waals surface area contributed by atoms with Crippen molar-refractivity contribution in [2.24, 2.45) is 0 Å². The maximum absolute atomic E-state index is 12.5. The minimum atomic E-state index is -0.554. The Morgan fingerprint density at radius 1 is 1.13 bits per heavy atom. The van der Waals surface area contributed by atoms with E-state index in [4.69, 9.17) is 9.47 Å². The molecule has 4 heteroatoms. The van der Waals surface area contributed by atoms with E-state index in [2.05, 4.69) is 5.32 Å². The van der Waals surface area contributed by atoms with Crippen LogP contribution in [0.25, 0.3) is 0 Å². The molecule has 0 heterocycles. The zero-order valence-corrected chi connectivity index (χ0v) is 14.1. The van der Waals surface area contributed by atoms with E-state index < -0.39 is 6.10 Å². The van der Waals surface area contributed by atoms with Gasteiger partial charge in [-0.25, -0.2) is 0 Å². The van der Waals surface area contributed by atoms with Crippen LogP contribution in [0.3, 0.4) is 0 Å². The highest BCUT2D eigenvalue weighted by Crippen LogP contribution is 2.26. The Labute approximate surface area is 137 Å². The van der Waals surface area contributed by atoms with Crippen LogP contribution >= 0.6 is 0 Å². The molecule has 122 valence electrons. The van der Waals surface area contributed by atoms with Crippen molar-refractivity contribution in [2.75, 3.05) is 12.4 Å². The SMILES string of the molecule is CC[C@@H](Oc1ccccc1C)C(=O)Nc1cc(C)ccc1OC. The van der Waals surface area contributed by atoms with Crippen LogP contribution in [0.4, 0.5) is 5.69 Å². The van der Waals surface area contributed by atoms with Gasteiger partial charge in [-0.1, -0.05) is 31.2 Å². The zero-order valence-electron chi connectivity index (χ0n) is 14.1. The molecule has 4 nitrogen and oxygen atoms in total. The Bertz CT molecular complexity index is 682. The quantitative estimate of drug-likeness (QED) is 0.873. The van der Waals surface area contributed by atoms with Crippen LogP contribution in [-0.4, -0.2) is 19.1 Å². The summed E-state index contributed by atoms with van der Waals surface area (Å²) < 4.78 is 11.2. The monoisotopic (exact) mass is 313 g/mol. The number of amides is 1. The second-order valence-electron chi connectivity index (χ2n) is 5.47. The first-order chi connectivity index (χ1) is 11.0. The van der Waals surface area contributed by atoms with Gasteiger partial charge in [-0.2, -0.15) is 0 Å². The van der Waals surface area contributed by atoms with E-state index in [0.717, 1.165) is 16.9 Å². The van der Waals surface area contributed by atoms with Crippen molar-refractivity contribution in [1.82, 2.24) is 0 Å². The maximum atomic E-state index is 12.5. The topological polar surface area (TPSA) is 47.6 Å². The number of ether oxygens (including phenoxy) is 2. The number of benzene rings is 2. The molecule has 23 heavy (non-hydrogen) atoms. The van der Waals surface area contributed by atoms with Crippen LogP contribution in [0.2, 0.25) is 0 Å². The molecule has 0 radical (unpaired) electrons. The number of carbonyl (C=O) groups excluding carboxylic acids is 1. The van der Waals surface area contributed by atoms with Gasteiger partial charge in [0, 0.05) is 0 Å². The minimum Gasteiger partial charge on any atom is -0.495 e. The summed E-state index contributed by atoms with van der Waals surface area (Å²) in [5.74, 6) is 1.18. The Balaban J connectivity index is 2.15. The van der Waals surface area contributed by atoms with E-state index in [1.807, 2.05) is 63.2 Å². The van der Waals surface area contributed by atoms with Crippen LogP contribution in [0.1, 0.15) is 24.5 Å². The number of rotatable bonds is 6. The lowest BCUT2D eigenvalue weighted by Gasteiger charge is -2.19. The fourth-order valence-electron chi connectivity index (χ4n) is 2.30. The average molecular weight is 313 g/mol. The lowest BCUT2D eigenvalue weighted by molar-refractivity contribution is -0.122. The molecule has 1 atom stereocenters. The molecule has 0 aliphatic heterocycles. The van der Waals surface area contributed by atoms with Crippen LogP contribution in [0.5, 0.6) is 11.5 Å². The molecular weight excluding hydrogens is 290 g/mol. The molecule has 0 aliphatic rings. The third-order valence-electron chi connectivity index (χ3n) is 3.64. The van der Waals surface area contributed by atoms with Gasteiger partial charge < -0.3 is 14.8 Å². The first kappa shape index (κ1) is 16.9. The Hall–Kier alpha value is -2.49. The first-order valence-corrected chi connectivity index (χ1v) is 7.73. The number of aryl methyl sites for hydroxylation is 2. The van der Waals surface area contributed by atoms with Crippen molar-refractivity contribution in [3.8, 4) is 11.5 Å².